The van der Waals surface area contributed by atoms with E-state index in [-0.39, 0.29) is 5.88 Å². The van der Waals surface area contributed by atoms with Crippen molar-refractivity contribution in [2.75, 3.05) is 5.88 Å². The molecule has 0 heterocycles. The third-order valence-electron chi connectivity index (χ3n) is 0.371. The van der Waals surface area contributed by atoms with Gasteiger partial charge in [-0.15, -0.1) is 11.6 Å². The van der Waals surface area contributed by atoms with Crippen LogP contribution >= 0.6 is 11.6 Å². The number of alkyl halides is 3. The Kier molecular flexibility index (Phi) is 4.00. The fraction of sp³-hybridized carbons (Fsp3) is 0.500. The van der Waals surface area contributed by atoms with Gasteiger partial charge in [0.25, 0.3) is 6.43 Å². The van der Waals surface area contributed by atoms with Gasteiger partial charge < -0.3 is 0 Å². The Morgan fingerprint density at radius 1 is 1.57 bits per heavy atom. The number of hydrogen-bond acceptors (Lipinski definition) is 0. The third-order valence-corrected chi connectivity index (χ3v) is 0.549. The maximum atomic E-state index is 11.1. The largest absolute Gasteiger partial charge is 0.257 e. The molecule has 0 aromatic heterocycles. The van der Waals surface area contributed by atoms with E-state index in [0.717, 1.165) is 6.08 Å². The van der Waals surface area contributed by atoms with Crippen LogP contribution in [0.1, 0.15) is 0 Å². The van der Waals surface area contributed by atoms with Gasteiger partial charge in [0.2, 0.25) is 0 Å². The summed E-state index contributed by atoms with van der Waals surface area (Å²) < 4.78 is 22.2. The molecule has 0 aromatic rings. The molecule has 0 radical (unpaired) electrons. The zero-order valence-electron chi connectivity index (χ0n) is 3.57. The second-order valence-corrected chi connectivity index (χ2v) is 1.23. The van der Waals surface area contributed by atoms with Crippen molar-refractivity contribution in [3.63, 3.8) is 0 Å². The van der Waals surface area contributed by atoms with Gasteiger partial charge in [0, 0.05) is 5.88 Å². The highest BCUT2D eigenvalue weighted by Gasteiger charge is 1.89. The summed E-state index contributed by atoms with van der Waals surface area (Å²) in [4.78, 5) is 0. The van der Waals surface area contributed by atoms with E-state index in [1.165, 1.54) is 6.08 Å². The standard InChI is InChI=1S/C4H5ClF2/c5-3-1-2-4(6)7/h1-2,4H,3H2. The lowest BCUT2D eigenvalue weighted by Gasteiger charge is -1.80. The molecular weight excluding hydrogens is 121 g/mol. The van der Waals surface area contributed by atoms with Crippen LogP contribution in [0.15, 0.2) is 12.2 Å². The fourth-order valence-corrected chi connectivity index (χ4v) is 0.257. The first-order valence-electron chi connectivity index (χ1n) is 1.78. The summed E-state index contributed by atoms with van der Waals surface area (Å²) in [6.45, 7) is 0. The van der Waals surface area contributed by atoms with Gasteiger partial charge >= 0.3 is 0 Å². The van der Waals surface area contributed by atoms with E-state index >= 15 is 0 Å². The number of rotatable bonds is 2. The van der Waals surface area contributed by atoms with Crippen LogP contribution in [0.2, 0.25) is 0 Å². The van der Waals surface area contributed by atoms with Crippen LogP contribution in [0.3, 0.4) is 0 Å². The van der Waals surface area contributed by atoms with Crippen LogP contribution in [-0.2, 0) is 0 Å². The lowest BCUT2D eigenvalue weighted by atomic mass is 10.5. The van der Waals surface area contributed by atoms with Gasteiger partial charge in [-0.25, -0.2) is 8.78 Å². The molecule has 0 saturated heterocycles. The average Bonchev–Trinajstić information content (AvgIpc) is 1.61. The molecule has 0 aliphatic rings. The summed E-state index contributed by atoms with van der Waals surface area (Å²) in [6, 6.07) is 0. The first kappa shape index (κ1) is 6.89. The molecule has 0 atom stereocenters. The van der Waals surface area contributed by atoms with E-state index in [4.69, 9.17) is 11.6 Å². The van der Waals surface area contributed by atoms with Crippen LogP contribution in [0.25, 0.3) is 0 Å². The molecule has 0 rings (SSSR count). The van der Waals surface area contributed by atoms with Gasteiger partial charge in [0.15, 0.2) is 0 Å². The zero-order chi connectivity index (χ0) is 5.70. The number of allylic oxidation sites excluding steroid dienone is 2. The molecule has 0 unspecified atom stereocenters. The van der Waals surface area contributed by atoms with Crippen molar-refractivity contribution < 1.29 is 8.78 Å². The summed E-state index contributed by atoms with van der Waals surface area (Å²) >= 11 is 5.03. The zero-order valence-corrected chi connectivity index (χ0v) is 4.33. The summed E-state index contributed by atoms with van der Waals surface area (Å²) in [6.07, 6.45) is -0.391. The van der Waals surface area contributed by atoms with Crippen molar-refractivity contribution >= 4 is 11.6 Å². The summed E-state index contributed by atoms with van der Waals surface area (Å²) in [7, 11) is 0. The SMILES string of the molecule is FC(F)C=CCCl. The van der Waals surface area contributed by atoms with Crippen molar-refractivity contribution in [1.29, 1.82) is 0 Å². The van der Waals surface area contributed by atoms with Crippen LogP contribution in [0.4, 0.5) is 8.78 Å². The molecule has 3 heteroatoms. The molecule has 0 nitrogen and oxygen atoms in total. The predicted molar refractivity (Wildman–Crippen MR) is 25.9 cm³/mol. The van der Waals surface area contributed by atoms with Gasteiger partial charge in [-0.2, -0.15) is 0 Å². The van der Waals surface area contributed by atoms with Crippen molar-refractivity contribution in [2.45, 2.75) is 6.43 Å². The van der Waals surface area contributed by atoms with E-state index in [1.54, 1.807) is 0 Å². The van der Waals surface area contributed by atoms with Crippen molar-refractivity contribution in [2.24, 2.45) is 0 Å². The molecule has 7 heavy (non-hydrogen) atoms. The maximum absolute atomic E-state index is 11.1. The summed E-state index contributed by atoms with van der Waals surface area (Å²) in [5.74, 6) is 0.157. The normalized spacial score (nSPS) is 11.4. The Bertz CT molecular complexity index is 60.7. The number of hydrogen-bond donors (Lipinski definition) is 0. The highest BCUT2D eigenvalue weighted by atomic mass is 35.5. The minimum atomic E-state index is -2.36. The Morgan fingerprint density at radius 3 is 2.29 bits per heavy atom. The topological polar surface area (TPSA) is 0 Å². The summed E-state index contributed by atoms with van der Waals surface area (Å²) in [5.41, 5.74) is 0. The average molecular weight is 127 g/mol. The Labute approximate surface area is 45.8 Å². The molecule has 42 valence electrons. The van der Waals surface area contributed by atoms with Gasteiger partial charge in [0.1, 0.15) is 0 Å². The Hall–Kier alpha value is -0.110. The minimum absolute atomic E-state index is 0.157. The second-order valence-electron chi connectivity index (χ2n) is 0.917. The maximum Gasteiger partial charge on any atom is 0.257 e. The molecule has 0 amide bonds. The van der Waals surface area contributed by atoms with E-state index < -0.39 is 6.43 Å². The summed E-state index contributed by atoms with van der Waals surface area (Å²) in [5, 5.41) is 0. The van der Waals surface area contributed by atoms with Gasteiger partial charge in [0.05, 0.1) is 0 Å². The molecular formula is C4H5ClF2. The predicted octanol–water partition coefficient (Wildman–Crippen LogP) is 2.05. The fourth-order valence-electron chi connectivity index (χ4n) is 0.154. The van der Waals surface area contributed by atoms with Crippen molar-refractivity contribution in [3.8, 4) is 0 Å². The molecule has 0 saturated carbocycles. The molecule has 0 aliphatic carbocycles. The molecule has 0 aromatic carbocycles. The van der Waals surface area contributed by atoms with Crippen LogP contribution < -0.4 is 0 Å². The highest BCUT2D eigenvalue weighted by molar-refractivity contribution is 6.18. The molecule has 0 N–H and O–H groups in total. The molecule has 0 fully saturated rings. The van der Waals surface area contributed by atoms with Crippen molar-refractivity contribution in [3.05, 3.63) is 12.2 Å². The molecule has 0 spiro atoms. The quantitative estimate of drug-likeness (QED) is 0.392. The smallest absolute Gasteiger partial charge is 0.206 e. The van der Waals surface area contributed by atoms with E-state index in [2.05, 4.69) is 0 Å². The Morgan fingerprint density at radius 2 is 2.14 bits per heavy atom. The van der Waals surface area contributed by atoms with Gasteiger partial charge in [-0.1, -0.05) is 6.08 Å². The molecule has 0 bridgehead atoms. The lowest BCUT2D eigenvalue weighted by Crippen LogP contribution is -1.78. The number of halogens is 3. The van der Waals surface area contributed by atoms with Gasteiger partial charge in [-0.3, -0.25) is 0 Å². The Balaban J connectivity index is 3.08. The van der Waals surface area contributed by atoms with Gasteiger partial charge in [-0.05, 0) is 6.08 Å². The van der Waals surface area contributed by atoms with Crippen LogP contribution in [0, 0.1) is 0 Å². The van der Waals surface area contributed by atoms with Crippen molar-refractivity contribution in [1.82, 2.24) is 0 Å². The second kappa shape index (κ2) is 4.06. The van der Waals surface area contributed by atoms with Crippen LogP contribution in [-0.4, -0.2) is 12.3 Å². The first-order valence-corrected chi connectivity index (χ1v) is 2.31. The monoisotopic (exact) mass is 126 g/mol. The van der Waals surface area contributed by atoms with E-state index in [9.17, 15) is 8.78 Å². The third kappa shape index (κ3) is 5.89. The lowest BCUT2D eigenvalue weighted by molar-refractivity contribution is 0.204. The van der Waals surface area contributed by atoms with E-state index in [0.29, 0.717) is 0 Å². The van der Waals surface area contributed by atoms with E-state index in [1.807, 2.05) is 0 Å². The first-order chi connectivity index (χ1) is 3.27. The molecule has 0 aliphatic heterocycles. The minimum Gasteiger partial charge on any atom is -0.206 e. The highest BCUT2D eigenvalue weighted by Crippen LogP contribution is 1.92. The van der Waals surface area contributed by atoms with Crippen LogP contribution in [0.5, 0.6) is 0 Å².